The van der Waals surface area contributed by atoms with E-state index in [1.165, 1.54) is 17.5 Å². The third-order valence-electron chi connectivity index (χ3n) is 3.95. The Kier molecular flexibility index (Phi) is 5.37. The minimum atomic E-state index is 0.119. The molecule has 1 aromatic rings. The van der Waals surface area contributed by atoms with Crippen molar-refractivity contribution in [1.29, 1.82) is 0 Å². The molecule has 0 spiro atoms. The topological polar surface area (TPSA) is 38.5 Å². The molecule has 106 valence electrons. The summed E-state index contributed by atoms with van der Waals surface area (Å²) >= 11 is 0. The molecule has 3 nitrogen and oxygen atoms in total. The van der Waals surface area contributed by atoms with Crippen LogP contribution in [0.25, 0.3) is 0 Å². The van der Waals surface area contributed by atoms with E-state index in [-0.39, 0.29) is 6.10 Å². The maximum Gasteiger partial charge on any atom is 0.0894 e. The van der Waals surface area contributed by atoms with Gasteiger partial charge >= 0.3 is 0 Å². The quantitative estimate of drug-likeness (QED) is 0.885. The number of benzene rings is 1. The van der Waals surface area contributed by atoms with Crippen LogP contribution < -0.4 is 5.73 Å². The van der Waals surface area contributed by atoms with Gasteiger partial charge in [-0.2, -0.15) is 0 Å². The van der Waals surface area contributed by atoms with Gasteiger partial charge in [0.15, 0.2) is 0 Å². The van der Waals surface area contributed by atoms with Crippen molar-refractivity contribution >= 4 is 0 Å². The molecule has 0 saturated carbocycles. The molecule has 1 saturated heterocycles. The van der Waals surface area contributed by atoms with Crippen LogP contribution in [0, 0.1) is 0 Å². The predicted molar refractivity (Wildman–Crippen MR) is 79.2 cm³/mol. The lowest BCUT2D eigenvalue weighted by atomic mass is 9.92. The molecular formula is C16H26N2O. The molecule has 1 aromatic carbocycles. The van der Waals surface area contributed by atoms with E-state index < -0.39 is 0 Å². The Labute approximate surface area is 116 Å². The van der Waals surface area contributed by atoms with Crippen molar-refractivity contribution in [2.45, 2.75) is 38.8 Å². The van der Waals surface area contributed by atoms with Gasteiger partial charge in [0.25, 0.3) is 0 Å². The summed E-state index contributed by atoms with van der Waals surface area (Å²) in [6, 6.07) is 9.02. The SMILES string of the molecule is CCCN1CCOC(CN)C1c1ccccc1CC. The van der Waals surface area contributed by atoms with E-state index in [4.69, 9.17) is 10.5 Å². The molecule has 2 atom stereocenters. The van der Waals surface area contributed by atoms with Crippen molar-refractivity contribution in [3.05, 3.63) is 35.4 Å². The fourth-order valence-electron chi connectivity index (χ4n) is 3.06. The van der Waals surface area contributed by atoms with Crippen molar-refractivity contribution < 1.29 is 4.74 Å². The highest BCUT2D eigenvalue weighted by Gasteiger charge is 2.33. The summed E-state index contributed by atoms with van der Waals surface area (Å²) in [5.74, 6) is 0. The molecule has 0 aromatic heterocycles. The number of ether oxygens (including phenoxy) is 1. The van der Waals surface area contributed by atoms with E-state index in [0.29, 0.717) is 12.6 Å². The van der Waals surface area contributed by atoms with Crippen LogP contribution in [-0.4, -0.2) is 37.2 Å². The standard InChI is InChI=1S/C16H26N2O/c1-3-9-18-10-11-19-15(12-17)16(18)14-8-6-5-7-13(14)4-2/h5-8,15-16H,3-4,9-12,17H2,1-2H3. The Morgan fingerprint density at radius 1 is 1.32 bits per heavy atom. The highest BCUT2D eigenvalue weighted by molar-refractivity contribution is 5.31. The number of hydrogen-bond donors (Lipinski definition) is 1. The first-order valence-corrected chi connectivity index (χ1v) is 7.45. The van der Waals surface area contributed by atoms with Crippen molar-refractivity contribution in [3.8, 4) is 0 Å². The van der Waals surface area contributed by atoms with E-state index in [2.05, 4.69) is 43.0 Å². The largest absolute Gasteiger partial charge is 0.374 e. The van der Waals surface area contributed by atoms with E-state index in [1.54, 1.807) is 0 Å². The summed E-state index contributed by atoms with van der Waals surface area (Å²) in [5.41, 5.74) is 8.74. The fourth-order valence-corrected chi connectivity index (χ4v) is 3.06. The maximum atomic E-state index is 5.93. The van der Waals surface area contributed by atoms with Gasteiger partial charge in [0.1, 0.15) is 0 Å². The van der Waals surface area contributed by atoms with Crippen molar-refractivity contribution in [2.75, 3.05) is 26.2 Å². The Balaban J connectivity index is 2.33. The third kappa shape index (κ3) is 3.16. The minimum absolute atomic E-state index is 0.119. The number of nitrogens with zero attached hydrogens (tertiary/aromatic N) is 1. The molecule has 3 heteroatoms. The molecule has 19 heavy (non-hydrogen) atoms. The number of rotatable bonds is 5. The molecule has 1 fully saturated rings. The minimum Gasteiger partial charge on any atom is -0.374 e. The summed E-state index contributed by atoms with van der Waals surface area (Å²) in [4.78, 5) is 2.54. The van der Waals surface area contributed by atoms with Crippen LogP contribution in [0.5, 0.6) is 0 Å². The van der Waals surface area contributed by atoms with Gasteiger partial charge in [-0.3, -0.25) is 4.90 Å². The van der Waals surface area contributed by atoms with Crippen LogP contribution in [-0.2, 0) is 11.2 Å². The summed E-state index contributed by atoms with van der Waals surface area (Å²) in [6.45, 7) is 7.95. The van der Waals surface area contributed by atoms with Crippen molar-refractivity contribution in [1.82, 2.24) is 4.90 Å². The van der Waals surface area contributed by atoms with E-state index in [1.807, 2.05) is 0 Å². The van der Waals surface area contributed by atoms with Gasteiger partial charge in [-0.25, -0.2) is 0 Å². The Hall–Kier alpha value is -0.900. The lowest BCUT2D eigenvalue weighted by Crippen LogP contribution is -2.48. The molecule has 1 heterocycles. The molecule has 0 radical (unpaired) electrons. The average Bonchev–Trinajstić information content (AvgIpc) is 2.47. The second-order valence-electron chi connectivity index (χ2n) is 5.18. The van der Waals surface area contributed by atoms with Crippen LogP contribution in [0.1, 0.15) is 37.4 Å². The zero-order valence-corrected chi connectivity index (χ0v) is 12.1. The van der Waals surface area contributed by atoms with Gasteiger partial charge in [-0.15, -0.1) is 0 Å². The lowest BCUT2D eigenvalue weighted by Gasteiger charge is -2.41. The molecule has 0 bridgehead atoms. The lowest BCUT2D eigenvalue weighted by molar-refractivity contribution is -0.0678. The Morgan fingerprint density at radius 3 is 2.79 bits per heavy atom. The summed E-state index contributed by atoms with van der Waals surface area (Å²) < 4.78 is 5.90. The van der Waals surface area contributed by atoms with Gasteiger partial charge < -0.3 is 10.5 Å². The molecule has 2 N–H and O–H groups in total. The molecule has 2 unspecified atom stereocenters. The number of nitrogens with two attached hydrogens (primary N) is 1. The van der Waals surface area contributed by atoms with E-state index in [9.17, 15) is 0 Å². The van der Waals surface area contributed by atoms with Crippen molar-refractivity contribution in [2.24, 2.45) is 5.73 Å². The average molecular weight is 262 g/mol. The second kappa shape index (κ2) is 7.04. The molecule has 2 rings (SSSR count). The molecule has 1 aliphatic heterocycles. The number of morpholine rings is 1. The van der Waals surface area contributed by atoms with Crippen LogP contribution in [0.2, 0.25) is 0 Å². The highest BCUT2D eigenvalue weighted by atomic mass is 16.5. The van der Waals surface area contributed by atoms with Crippen molar-refractivity contribution in [3.63, 3.8) is 0 Å². The third-order valence-corrected chi connectivity index (χ3v) is 3.95. The monoisotopic (exact) mass is 262 g/mol. The number of hydrogen-bond acceptors (Lipinski definition) is 3. The zero-order valence-electron chi connectivity index (χ0n) is 12.1. The zero-order chi connectivity index (χ0) is 13.7. The fraction of sp³-hybridized carbons (Fsp3) is 0.625. The van der Waals surface area contributed by atoms with Gasteiger partial charge in [-0.1, -0.05) is 38.1 Å². The Bertz CT molecular complexity index is 392. The second-order valence-corrected chi connectivity index (χ2v) is 5.18. The maximum absolute atomic E-state index is 5.93. The molecular weight excluding hydrogens is 236 g/mol. The molecule has 1 aliphatic rings. The van der Waals surface area contributed by atoms with E-state index >= 15 is 0 Å². The van der Waals surface area contributed by atoms with Gasteiger partial charge in [0, 0.05) is 13.1 Å². The Morgan fingerprint density at radius 2 is 2.11 bits per heavy atom. The van der Waals surface area contributed by atoms with Gasteiger partial charge in [0.05, 0.1) is 18.8 Å². The molecule has 0 aliphatic carbocycles. The van der Waals surface area contributed by atoms with Crippen LogP contribution in [0.15, 0.2) is 24.3 Å². The predicted octanol–water partition coefficient (Wildman–Crippen LogP) is 2.36. The number of aryl methyl sites for hydroxylation is 1. The highest BCUT2D eigenvalue weighted by Crippen LogP contribution is 2.31. The summed E-state index contributed by atoms with van der Waals surface area (Å²) in [7, 11) is 0. The van der Waals surface area contributed by atoms with Gasteiger partial charge in [0.2, 0.25) is 0 Å². The van der Waals surface area contributed by atoms with Crippen LogP contribution in [0.4, 0.5) is 0 Å². The normalized spacial score (nSPS) is 24.6. The first-order chi connectivity index (χ1) is 9.31. The first kappa shape index (κ1) is 14.5. The summed E-state index contributed by atoms with van der Waals surface area (Å²) in [6.07, 6.45) is 2.35. The molecule has 0 amide bonds. The van der Waals surface area contributed by atoms with Crippen LogP contribution in [0.3, 0.4) is 0 Å². The van der Waals surface area contributed by atoms with Crippen LogP contribution >= 0.6 is 0 Å². The summed E-state index contributed by atoms with van der Waals surface area (Å²) in [5, 5.41) is 0. The van der Waals surface area contributed by atoms with Gasteiger partial charge in [-0.05, 0) is 30.5 Å². The first-order valence-electron chi connectivity index (χ1n) is 7.45. The smallest absolute Gasteiger partial charge is 0.0894 e. The van der Waals surface area contributed by atoms with E-state index in [0.717, 1.165) is 26.1 Å².